The van der Waals surface area contributed by atoms with Crippen molar-refractivity contribution in [2.75, 3.05) is 10.2 Å². The molecule has 5 rings (SSSR count). The number of fused-ring (bicyclic) bond motifs is 1. The van der Waals surface area contributed by atoms with Gasteiger partial charge in [-0.25, -0.2) is 4.68 Å². The van der Waals surface area contributed by atoms with Crippen molar-refractivity contribution in [3.8, 4) is 0 Å². The number of rotatable bonds is 5. The van der Waals surface area contributed by atoms with Crippen LogP contribution in [0, 0.1) is 0 Å². The maximum Gasteiger partial charge on any atom is 0.410 e. The molecule has 0 spiro atoms. The van der Waals surface area contributed by atoms with E-state index < -0.39 is 24.2 Å². The Morgan fingerprint density at radius 2 is 1.64 bits per heavy atom. The standard InChI is InChI=1S/C27H22BrF3N4O/c28-20-13-11-19(12-14-20)22-15-24(27(29,30)31)35-25(32-22)16-23(33-35)26(36)34(21-9-5-2-6-10-21)17-18-7-3-1-4-8-18/h1-14,16,22,24,32H,15,17H2. The molecule has 0 saturated heterocycles. The van der Waals surface area contributed by atoms with Gasteiger partial charge in [0.1, 0.15) is 5.82 Å². The lowest BCUT2D eigenvalue weighted by Crippen LogP contribution is -2.36. The lowest BCUT2D eigenvalue weighted by atomic mass is 9.97. The number of para-hydroxylation sites is 1. The Balaban J connectivity index is 1.51. The summed E-state index contributed by atoms with van der Waals surface area (Å²) in [5, 5.41) is 7.32. The van der Waals surface area contributed by atoms with E-state index in [4.69, 9.17) is 0 Å². The summed E-state index contributed by atoms with van der Waals surface area (Å²) in [6.07, 6.45) is -4.76. The third kappa shape index (κ3) is 5.02. The predicted molar refractivity (Wildman–Crippen MR) is 136 cm³/mol. The molecule has 9 heteroatoms. The molecule has 2 unspecified atom stereocenters. The van der Waals surface area contributed by atoms with Crippen LogP contribution in [-0.4, -0.2) is 21.9 Å². The molecule has 0 bridgehead atoms. The van der Waals surface area contributed by atoms with Crippen LogP contribution in [0.5, 0.6) is 0 Å². The van der Waals surface area contributed by atoms with E-state index in [0.29, 0.717) is 5.69 Å². The zero-order chi connectivity index (χ0) is 25.3. The van der Waals surface area contributed by atoms with Crippen LogP contribution >= 0.6 is 15.9 Å². The maximum atomic E-state index is 14.1. The molecule has 1 amide bonds. The van der Waals surface area contributed by atoms with Crippen LogP contribution in [0.4, 0.5) is 24.7 Å². The van der Waals surface area contributed by atoms with E-state index in [0.717, 1.165) is 20.3 Å². The Bertz CT molecular complexity index is 1340. The molecule has 5 nitrogen and oxygen atoms in total. The summed E-state index contributed by atoms with van der Waals surface area (Å²) in [5.41, 5.74) is 2.19. The normalized spacial score (nSPS) is 17.2. The summed E-state index contributed by atoms with van der Waals surface area (Å²) in [5.74, 6) is -0.317. The molecule has 36 heavy (non-hydrogen) atoms. The number of aromatic nitrogens is 2. The number of hydrogen-bond acceptors (Lipinski definition) is 3. The van der Waals surface area contributed by atoms with Gasteiger partial charge < -0.3 is 10.2 Å². The molecular weight excluding hydrogens is 533 g/mol. The van der Waals surface area contributed by atoms with Gasteiger partial charge >= 0.3 is 6.18 Å². The van der Waals surface area contributed by atoms with E-state index in [9.17, 15) is 18.0 Å². The van der Waals surface area contributed by atoms with E-state index >= 15 is 0 Å². The largest absolute Gasteiger partial charge is 0.410 e. The summed E-state index contributed by atoms with van der Waals surface area (Å²) >= 11 is 3.36. The second-order valence-electron chi connectivity index (χ2n) is 8.61. The van der Waals surface area contributed by atoms with E-state index in [1.54, 1.807) is 36.4 Å². The van der Waals surface area contributed by atoms with Crippen LogP contribution in [0.1, 0.15) is 40.1 Å². The minimum absolute atomic E-state index is 0.0528. The summed E-state index contributed by atoms with van der Waals surface area (Å²) in [6, 6.07) is 24.6. The number of alkyl halides is 3. The number of carbonyl (C=O) groups is 1. The molecular formula is C27H22BrF3N4O. The smallest absolute Gasteiger partial charge is 0.363 e. The van der Waals surface area contributed by atoms with Crippen molar-refractivity contribution in [1.29, 1.82) is 0 Å². The Morgan fingerprint density at radius 1 is 1.00 bits per heavy atom. The maximum absolute atomic E-state index is 14.1. The second-order valence-corrected chi connectivity index (χ2v) is 9.53. The molecule has 3 aromatic carbocycles. The molecule has 184 valence electrons. The molecule has 0 aliphatic carbocycles. The number of benzene rings is 3. The molecule has 1 aromatic heterocycles. The van der Waals surface area contributed by atoms with E-state index in [-0.39, 0.29) is 24.5 Å². The first-order valence-electron chi connectivity index (χ1n) is 11.4. The lowest BCUT2D eigenvalue weighted by molar-refractivity contribution is -0.173. The Kier molecular flexibility index (Phi) is 6.57. The van der Waals surface area contributed by atoms with Gasteiger partial charge in [-0.2, -0.15) is 18.3 Å². The van der Waals surface area contributed by atoms with Gasteiger partial charge in [-0.05, 0) is 35.4 Å². The third-order valence-electron chi connectivity index (χ3n) is 6.18. The van der Waals surface area contributed by atoms with Gasteiger partial charge in [0, 0.05) is 22.6 Å². The van der Waals surface area contributed by atoms with Crippen LogP contribution in [0.2, 0.25) is 0 Å². The van der Waals surface area contributed by atoms with Crippen LogP contribution in [0.3, 0.4) is 0 Å². The van der Waals surface area contributed by atoms with Crippen LogP contribution < -0.4 is 10.2 Å². The average molecular weight is 555 g/mol. The highest BCUT2D eigenvalue weighted by molar-refractivity contribution is 9.10. The molecule has 4 aromatic rings. The van der Waals surface area contributed by atoms with E-state index in [1.165, 1.54) is 11.0 Å². The fourth-order valence-corrected chi connectivity index (χ4v) is 4.65. The number of halogens is 4. The van der Waals surface area contributed by atoms with Crippen LogP contribution in [0.15, 0.2) is 95.5 Å². The SMILES string of the molecule is O=C(c1cc2n(n1)C(C(F)(F)F)CC(c1ccc(Br)cc1)N2)N(Cc1ccccc1)c1ccccc1. The number of carbonyl (C=O) groups excluding carboxylic acids is 1. The Hall–Kier alpha value is -3.59. The lowest BCUT2D eigenvalue weighted by Gasteiger charge is -2.33. The zero-order valence-electron chi connectivity index (χ0n) is 19.0. The Morgan fingerprint density at radius 3 is 2.28 bits per heavy atom. The first-order chi connectivity index (χ1) is 17.3. The van der Waals surface area contributed by atoms with Gasteiger partial charge in [0.2, 0.25) is 0 Å². The fraction of sp³-hybridized carbons (Fsp3) is 0.185. The van der Waals surface area contributed by atoms with Gasteiger partial charge in [-0.1, -0.05) is 76.6 Å². The van der Waals surface area contributed by atoms with E-state index in [1.807, 2.05) is 48.5 Å². The van der Waals surface area contributed by atoms with Crippen LogP contribution in [-0.2, 0) is 6.54 Å². The number of amides is 1. The highest BCUT2D eigenvalue weighted by atomic mass is 79.9. The number of anilines is 2. The number of nitrogens with zero attached hydrogens (tertiary/aromatic N) is 3. The van der Waals surface area contributed by atoms with Gasteiger partial charge in [-0.3, -0.25) is 4.79 Å². The van der Waals surface area contributed by atoms with Crippen molar-refractivity contribution < 1.29 is 18.0 Å². The van der Waals surface area contributed by atoms with E-state index in [2.05, 4.69) is 26.3 Å². The minimum Gasteiger partial charge on any atom is -0.363 e. The fourth-order valence-electron chi connectivity index (χ4n) is 4.38. The first-order valence-corrected chi connectivity index (χ1v) is 12.2. The van der Waals surface area contributed by atoms with Crippen molar-refractivity contribution in [2.24, 2.45) is 0 Å². The zero-order valence-corrected chi connectivity index (χ0v) is 20.6. The molecule has 1 aliphatic heterocycles. The molecule has 0 fully saturated rings. The molecule has 2 atom stereocenters. The highest BCUT2D eigenvalue weighted by Crippen LogP contribution is 2.44. The van der Waals surface area contributed by atoms with Gasteiger partial charge in [0.25, 0.3) is 5.91 Å². The van der Waals surface area contributed by atoms with Gasteiger partial charge in [0.05, 0.1) is 12.6 Å². The van der Waals surface area contributed by atoms with Crippen molar-refractivity contribution in [2.45, 2.75) is 31.2 Å². The van der Waals surface area contributed by atoms with Crippen LogP contribution in [0.25, 0.3) is 0 Å². The Labute approximate surface area is 214 Å². The monoisotopic (exact) mass is 554 g/mol. The molecule has 0 radical (unpaired) electrons. The van der Waals surface area contributed by atoms with Crippen molar-refractivity contribution in [3.63, 3.8) is 0 Å². The predicted octanol–water partition coefficient (Wildman–Crippen LogP) is 7.15. The molecule has 0 saturated carbocycles. The number of hydrogen-bond donors (Lipinski definition) is 1. The minimum atomic E-state index is -4.53. The van der Waals surface area contributed by atoms with Gasteiger partial charge in [0.15, 0.2) is 11.7 Å². The molecule has 1 aliphatic rings. The summed E-state index contributed by atoms with van der Waals surface area (Å²) in [6.45, 7) is 0.253. The second kappa shape index (κ2) is 9.81. The summed E-state index contributed by atoms with van der Waals surface area (Å²) in [4.78, 5) is 15.2. The molecule has 1 N–H and O–H groups in total. The quantitative estimate of drug-likeness (QED) is 0.285. The summed E-state index contributed by atoms with van der Waals surface area (Å²) in [7, 11) is 0. The van der Waals surface area contributed by atoms with Crippen molar-refractivity contribution in [3.05, 3.63) is 112 Å². The number of nitrogens with one attached hydrogen (secondary N) is 1. The van der Waals surface area contributed by atoms with Crippen molar-refractivity contribution in [1.82, 2.24) is 9.78 Å². The third-order valence-corrected chi connectivity index (χ3v) is 6.71. The molecule has 2 heterocycles. The van der Waals surface area contributed by atoms with Gasteiger partial charge in [-0.15, -0.1) is 0 Å². The van der Waals surface area contributed by atoms with Crippen molar-refractivity contribution >= 4 is 33.3 Å². The highest BCUT2D eigenvalue weighted by Gasteiger charge is 2.47. The summed E-state index contributed by atoms with van der Waals surface area (Å²) < 4.78 is 44.0. The average Bonchev–Trinajstić information content (AvgIpc) is 3.31. The first kappa shape index (κ1) is 24.1. The topological polar surface area (TPSA) is 50.2 Å².